The maximum Gasteiger partial charge on any atom is 0.241 e. The molecule has 2 rings (SSSR count). The maximum atomic E-state index is 12.3. The molecule has 1 aliphatic carbocycles. The minimum atomic E-state index is -0.934. The van der Waals surface area contributed by atoms with Crippen LogP contribution in [0.3, 0.4) is 0 Å². The molecule has 3 atom stereocenters. The number of thiol groups is 1. The Morgan fingerprint density at radius 1 is 1.75 bits per heavy atom. The van der Waals surface area contributed by atoms with Crippen LogP contribution in [0.1, 0.15) is 32.8 Å². The van der Waals surface area contributed by atoms with Crippen LogP contribution < -0.4 is 5.32 Å². The molecule has 108 valence electrons. The number of aromatic nitrogens is 2. The SMILES string of the molecule is CC(S)NC(=O)C1(C#N)CC1C(C)(C)c1cnn(C)c1. The average molecular weight is 292 g/mol. The summed E-state index contributed by atoms with van der Waals surface area (Å²) in [7, 11) is 1.86. The number of nitrogens with one attached hydrogen (secondary N) is 1. The van der Waals surface area contributed by atoms with E-state index in [0.29, 0.717) is 6.42 Å². The van der Waals surface area contributed by atoms with Gasteiger partial charge in [-0.3, -0.25) is 9.48 Å². The lowest BCUT2D eigenvalue weighted by Crippen LogP contribution is -2.38. The summed E-state index contributed by atoms with van der Waals surface area (Å²) in [5.41, 5.74) is -0.147. The number of carbonyl (C=O) groups is 1. The minimum Gasteiger partial charge on any atom is -0.343 e. The zero-order valence-electron chi connectivity index (χ0n) is 12.2. The highest BCUT2D eigenvalue weighted by Crippen LogP contribution is 2.61. The second kappa shape index (κ2) is 4.81. The first-order valence-electron chi connectivity index (χ1n) is 6.63. The third kappa shape index (κ3) is 2.31. The second-order valence-electron chi connectivity index (χ2n) is 6.11. The molecule has 0 aliphatic heterocycles. The average Bonchev–Trinajstić information content (AvgIpc) is 2.97. The van der Waals surface area contributed by atoms with Crippen molar-refractivity contribution < 1.29 is 4.79 Å². The van der Waals surface area contributed by atoms with Crippen LogP contribution in [0.5, 0.6) is 0 Å². The molecule has 6 heteroatoms. The lowest BCUT2D eigenvalue weighted by Gasteiger charge is -2.25. The van der Waals surface area contributed by atoms with Gasteiger partial charge in [-0.1, -0.05) is 13.8 Å². The third-order valence-corrected chi connectivity index (χ3v) is 4.35. The number of aryl methyl sites for hydroxylation is 1. The molecule has 0 bridgehead atoms. The number of carbonyl (C=O) groups excluding carboxylic acids is 1. The van der Waals surface area contributed by atoms with E-state index in [9.17, 15) is 10.1 Å². The van der Waals surface area contributed by atoms with Gasteiger partial charge in [0.2, 0.25) is 5.91 Å². The number of rotatable bonds is 4. The van der Waals surface area contributed by atoms with Gasteiger partial charge in [0.15, 0.2) is 0 Å². The van der Waals surface area contributed by atoms with E-state index in [4.69, 9.17) is 0 Å². The van der Waals surface area contributed by atoms with Gasteiger partial charge in [-0.05, 0) is 30.2 Å². The van der Waals surface area contributed by atoms with Crippen molar-refractivity contribution in [2.24, 2.45) is 18.4 Å². The van der Waals surface area contributed by atoms with Crippen LogP contribution in [-0.4, -0.2) is 21.1 Å². The fourth-order valence-electron chi connectivity index (χ4n) is 2.83. The molecule has 1 aliphatic rings. The molecule has 0 spiro atoms. The molecule has 1 aromatic heterocycles. The fraction of sp³-hybridized carbons (Fsp3) is 0.643. The molecule has 0 aromatic carbocycles. The molecular formula is C14H20N4OS. The van der Waals surface area contributed by atoms with E-state index in [2.05, 4.69) is 43.0 Å². The molecule has 1 saturated carbocycles. The topological polar surface area (TPSA) is 70.7 Å². The lowest BCUT2D eigenvalue weighted by molar-refractivity contribution is -0.125. The second-order valence-corrected chi connectivity index (χ2v) is 6.89. The zero-order chi connectivity index (χ0) is 15.1. The number of nitrogens with zero attached hydrogens (tertiary/aromatic N) is 3. The van der Waals surface area contributed by atoms with Crippen molar-refractivity contribution in [3.63, 3.8) is 0 Å². The number of hydrogen-bond donors (Lipinski definition) is 2. The van der Waals surface area contributed by atoms with Crippen molar-refractivity contribution in [2.45, 2.75) is 38.0 Å². The lowest BCUT2D eigenvalue weighted by atomic mass is 9.78. The first-order valence-corrected chi connectivity index (χ1v) is 7.15. The predicted molar refractivity (Wildman–Crippen MR) is 79.0 cm³/mol. The van der Waals surface area contributed by atoms with Gasteiger partial charge < -0.3 is 5.32 Å². The van der Waals surface area contributed by atoms with Gasteiger partial charge >= 0.3 is 0 Å². The summed E-state index contributed by atoms with van der Waals surface area (Å²) in [5.74, 6) is -0.222. The summed E-state index contributed by atoms with van der Waals surface area (Å²) in [5, 5.41) is 16.1. The van der Waals surface area contributed by atoms with Gasteiger partial charge in [-0.15, -0.1) is 0 Å². The Morgan fingerprint density at radius 3 is 2.85 bits per heavy atom. The summed E-state index contributed by atoms with van der Waals surface area (Å²) in [4.78, 5) is 12.3. The van der Waals surface area contributed by atoms with E-state index in [0.717, 1.165) is 5.56 Å². The highest BCUT2D eigenvalue weighted by atomic mass is 32.1. The van der Waals surface area contributed by atoms with Crippen LogP contribution in [0.15, 0.2) is 12.4 Å². The Balaban J connectivity index is 2.23. The van der Waals surface area contributed by atoms with Gasteiger partial charge in [0.25, 0.3) is 0 Å². The molecule has 20 heavy (non-hydrogen) atoms. The third-order valence-electron chi connectivity index (χ3n) is 4.23. The summed E-state index contributed by atoms with van der Waals surface area (Å²) in [6.45, 7) is 5.89. The Morgan fingerprint density at radius 2 is 2.40 bits per heavy atom. The van der Waals surface area contributed by atoms with E-state index in [-0.39, 0.29) is 22.6 Å². The summed E-state index contributed by atoms with van der Waals surface area (Å²) >= 11 is 4.16. The molecule has 1 N–H and O–H groups in total. The molecule has 0 radical (unpaired) electrons. The fourth-order valence-corrected chi connectivity index (χ4v) is 2.95. The van der Waals surface area contributed by atoms with Gasteiger partial charge in [0.1, 0.15) is 5.41 Å². The highest BCUT2D eigenvalue weighted by molar-refractivity contribution is 7.80. The van der Waals surface area contributed by atoms with E-state index < -0.39 is 5.41 Å². The van der Waals surface area contributed by atoms with E-state index >= 15 is 0 Å². The predicted octanol–water partition coefficient (Wildman–Crippen LogP) is 1.62. The van der Waals surface area contributed by atoms with Crippen LogP contribution in [-0.2, 0) is 17.3 Å². The van der Waals surface area contributed by atoms with Crippen molar-refractivity contribution in [1.29, 1.82) is 5.26 Å². The number of nitriles is 1. The highest BCUT2D eigenvalue weighted by Gasteiger charge is 2.66. The Hall–Kier alpha value is -1.48. The molecule has 1 fully saturated rings. The molecule has 1 amide bonds. The summed E-state index contributed by atoms with van der Waals surface area (Å²) in [6.07, 6.45) is 4.33. The Bertz CT molecular complexity index is 572. The largest absolute Gasteiger partial charge is 0.343 e. The van der Waals surface area contributed by atoms with Crippen LogP contribution in [0, 0.1) is 22.7 Å². The number of amides is 1. The standard InChI is InChI=1S/C14H20N4OS/c1-9(20)17-12(19)14(8-15)5-11(14)13(2,3)10-6-16-18(4)7-10/h6-7,9,11,20H,5H2,1-4H3,(H,17,19). The summed E-state index contributed by atoms with van der Waals surface area (Å²) in [6, 6.07) is 2.22. The minimum absolute atomic E-state index is 0.00344. The van der Waals surface area contributed by atoms with E-state index in [1.165, 1.54) is 0 Å². The van der Waals surface area contributed by atoms with Gasteiger partial charge in [0.05, 0.1) is 17.6 Å². The van der Waals surface area contributed by atoms with Gasteiger partial charge in [0, 0.05) is 13.2 Å². The normalized spacial score (nSPS) is 26.7. The molecule has 3 unspecified atom stereocenters. The van der Waals surface area contributed by atoms with Crippen molar-refractivity contribution in [2.75, 3.05) is 0 Å². The molecule has 0 saturated heterocycles. The molecule has 5 nitrogen and oxygen atoms in total. The Kier molecular flexibility index (Phi) is 3.59. The van der Waals surface area contributed by atoms with Crippen molar-refractivity contribution in [3.8, 4) is 6.07 Å². The zero-order valence-corrected chi connectivity index (χ0v) is 13.1. The van der Waals surface area contributed by atoms with Crippen molar-refractivity contribution in [3.05, 3.63) is 18.0 Å². The van der Waals surface area contributed by atoms with Crippen LogP contribution in [0.2, 0.25) is 0 Å². The van der Waals surface area contributed by atoms with Crippen LogP contribution >= 0.6 is 12.6 Å². The van der Waals surface area contributed by atoms with Crippen LogP contribution in [0.25, 0.3) is 0 Å². The van der Waals surface area contributed by atoms with Crippen molar-refractivity contribution in [1.82, 2.24) is 15.1 Å². The quantitative estimate of drug-likeness (QED) is 0.654. The van der Waals surface area contributed by atoms with Crippen molar-refractivity contribution >= 4 is 18.5 Å². The molecule has 1 heterocycles. The molecule has 1 aromatic rings. The van der Waals surface area contributed by atoms with E-state index in [1.54, 1.807) is 17.8 Å². The Labute approximate surface area is 124 Å². The molecular weight excluding hydrogens is 272 g/mol. The van der Waals surface area contributed by atoms with Gasteiger partial charge in [-0.25, -0.2) is 0 Å². The number of hydrogen-bond acceptors (Lipinski definition) is 4. The first-order chi connectivity index (χ1) is 9.24. The summed E-state index contributed by atoms with van der Waals surface area (Å²) < 4.78 is 1.74. The smallest absolute Gasteiger partial charge is 0.241 e. The van der Waals surface area contributed by atoms with E-state index in [1.807, 2.05) is 13.2 Å². The maximum absolute atomic E-state index is 12.3. The first kappa shape index (κ1) is 14.9. The van der Waals surface area contributed by atoms with Gasteiger partial charge in [-0.2, -0.15) is 23.0 Å². The monoisotopic (exact) mass is 292 g/mol. The van der Waals surface area contributed by atoms with Crippen LogP contribution in [0.4, 0.5) is 0 Å².